The number of hydrogen-bond donors (Lipinski definition) is 0. The molecule has 0 saturated carbocycles. The highest BCUT2D eigenvalue weighted by molar-refractivity contribution is 7.89. The maximum absolute atomic E-state index is 13.0. The van der Waals surface area contributed by atoms with Gasteiger partial charge in [-0.15, -0.1) is 0 Å². The van der Waals surface area contributed by atoms with E-state index in [0.29, 0.717) is 37.7 Å². The van der Waals surface area contributed by atoms with E-state index in [1.165, 1.54) is 10.4 Å². The number of benzene rings is 1. The van der Waals surface area contributed by atoms with Gasteiger partial charge in [0.1, 0.15) is 19.3 Å². The number of aromatic nitrogens is 2. The van der Waals surface area contributed by atoms with Crippen LogP contribution >= 0.6 is 0 Å². The summed E-state index contributed by atoms with van der Waals surface area (Å²) in [7, 11) is -3.64. The van der Waals surface area contributed by atoms with Crippen molar-refractivity contribution in [3.8, 4) is 17.5 Å². The second-order valence-electron chi connectivity index (χ2n) is 6.63. The predicted octanol–water partition coefficient (Wildman–Crippen LogP) is 1.71. The van der Waals surface area contributed by atoms with Crippen molar-refractivity contribution in [2.45, 2.75) is 31.3 Å². The Bertz CT molecular complexity index is 943. The summed E-state index contributed by atoms with van der Waals surface area (Å²) in [5, 5.41) is 0. The van der Waals surface area contributed by atoms with Gasteiger partial charge in [0.25, 0.3) is 0 Å². The molecule has 1 fully saturated rings. The Balaban J connectivity index is 1.49. The lowest BCUT2D eigenvalue weighted by Gasteiger charge is -2.21. The highest BCUT2D eigenvalue weighted by Crippen LogP contribution is 2.34. The third-order valence-electron chi connectivity index (χ3n) is 4.49. The minimum atomic E-state index is -3.64. The molecule has 144 valence electrons. The van der Waals surface area contributed by atoms with Gasteiger partial charge in [-0.1, -0.05) is 0 Å². The molecule has 2 aliphatic rings. The summed E-state index contributed by atoms with van der Waals surface area (Å²) < 4.78 is 44.1. The van der Waals surface area contributed by atoms with Crippen LogP contribution in [0.3, 0.4) is 0 Å². The first kappa shape index (κ1) is 18.0. The highest BCUT2D eigenvalue weighted by atomic mass is 32.2. The second-order valence-corrected chi connectivity index (χ2v) is 8.57. The fourth-order valence-corrected chi connectivity index (χ4v) is 4.74. The maximum Gasteiger partial charge on any atom is 0.317 e. The topological polar surface area (TPSA) is 90.9 Å². The standard InChI is InChI=1S/C18H21N3O5S/c1-12-9-13(2)20-18(19-12)26-14-5-6-21(11-14)27(22,23)15-3-4-16-17(10-15)25-8-7-24-16/h3-4,9-10,14H,5-8,11H2,1-2H3/t14-/m1/s1. The van der Waals surface area contributed by atoms with Gasteiger partial charge in [-0.2, -0.15) is 4.31 Å². The molecular weight excluding hydrogens is 370 g/mol. The van der Waals surface area contributed by atoms with Crippen LogP contribution in [0, 0.1) is 13.8 Å². The first-order valence-corrected chi connectivity index (χ1v) is 10.2. The molecule has 0 N–H and O–H groups in total. The zero-order valence-electron chi connectivity index (χ0n) is 15.2. The molecule has 0 amide bonds. The Morgan fingerprint density at radius 1 is 1.07 bits per heavy atom. The van der Waals surface area contributed by atoms with E-state index in [2.05, 4.69) is 9.97 Å². The lowest BCUT2D eigenvalue weighted by Crippen LogP contribution is -2.31. The van der Waals surface area contributed by atoms with Gasteiger partial charge in [0.2, 0.25) is 10.0 Å². The SMILES string of the molecule is Cc1cc(C)nc(O[C@@H]2CCN(S(=O)(=O)c3ccc4c(c3)OCCO4)C2)n1. The molecule has 0 unspecified atom stereocenters. The molecule has 0 bridgehead atoms. The van der Waals surface area contributed by atoms with E-state index < -0.39 is 10.0 Å². The zero-order chi connectivity index (χ0) is 19.0. The van der Waals surface area contributed by atoms with Gasteiger partial charge in [-0.05, 0) is 38.5 Å². The van der Waals surface area contributed by atoms with Gasteiger partial charge >= 0.3 is 6.01 Å². The van der Waals surface area contributed by atoms with Crippen molar-refractivity contribution in [3.05, 3.63) is 35.7 Å². The average Bonchev–Trinajstić information content (AvgIpc) is 3.09. The van der Waals surface area contributed by atoms with Crippen LogP contribution < -0.4 is 14.2 Å². The Kier molecular flexibility index (Phi) is 4.65. The molecule has 2 aromatic rings. The van der Waals surface area contributed by atoms with Crippen molar-refractivity contribution < 1.29 is 22.6 Å². The fraction of sp³-hybridized carbons (Fsp3) is 0.444. The first-order chi connectivity index (χ1) is 12.9. The molecule has 9 heteroatoms. The quantitative estimate of drug-likeness (QED) is 0.783. The highest BCUT2D eigenvalue weighted by Gasteiger charge is 2.34. The van der Waals surface area contributed by atoms with Gasteiger partial charge in [0.15, 0.2) is 11.5 Å². The molecule has 1 aromatic heterocycles. The summed E-state index contributed by atoms with van der Waals surface area (Å²) in [4.78, 5) is 8.71. The second kappa shape index (κ2) is 6.97. The molecule has 0 radical (unpaired) electrons. The molecule has 8 nitrogen and oxygen atoms in total. The summed E-state index contributed by atoms with van der Waals surface area (Å²) in [6.45, 7) is 5.25. The zero-order valence-corrected chi connectivity index (χ0v) is 16.0. The molecule has 1 saturated heterocycles. The molecule has 2 aliphatic heterocycles. The first-order valence-electron chi connectivity index (χ1n) is 8.80. The Labute approximate surface area is 158 Å². The summed E-state index contributed by atoms with van der Waals surface area (Å²) in [6, 6.07) is 6.85. The van der Waals surface area contributed by atoms with Crippen LogP contribution in [0.1, 0.15) is 17.8 Å². The van der Waals surface area contributed by atoms with Crippen LogP contribution in [0.15, 0.2) is 29.2 Å². The summed E-state index contributed by atoms with van der Waals surface area (Å²) in [5.41, 5.74) is 1.63. The molecule has 27 heavy (non-hydrogen) atoms. The molecule has 1 aromatic carbocycles. The number of nitrogens with zero attached hydrogens (tertiary/aromatic N) is 3. The summed E-state index contributed by atoms with van der Waals surface area (Å²) in [5.74, 6) is 1.02. The van der Waals surface area contributed by atoms with Crippen molar-refractivity contribution in [2.75, 3.05) is 26.3 Å². The van der Waals surface area contributed by atoms with Crippen molar-refractivity contribution in [2.24, 2.45) is 0 Å². The Morgan fingerprint density at radius 3 is 2.52 bits per heavy atom. The monoisotopic (exact) mass is 391 g/mol. The van der Waals surface area contributed by atoms with E-state index in [-0.39, 0.29) is 23.6 Å². The third kappa shape index (κ3) is 3.70. The smallest absolute Gasteiger partial charge is 0.317 e. The Morgan fingerprint density at radius 2 is 1.78 bits per heavy atom. The van der Waals surface area contributed by atoms with Crippen LogP contribution in [0.4, 0.5) is 0 Å². The molecule has 4 rings (SSSR count). The Hall–Kier alpha value is -2.39. The minimum absolute atomic E-state index is 0.190. The average molecular weight is 391 g/mol. The van der Waals surface area contributed by atoms with Crippen LogP contribution in [0.2, 0.25) is 0 Å². The number of fused-ring (bicyclic) bond motifs is 1. The van der Waals surface area contributed by atoms with Crippen molar-refractivity contribution >= 4 is 10.0 Å². The van der Waals surface area contributed by atoms with Crippen molar-refractivity contribution in [3.63, 3.8) is 0 Å². The molecule has 0 spiro atoms. The van der Waals surface area contributed by atoms with Crippen molar-refractivity contribution in [1.82, 2.24) is 14.3 Å². The molecule has 3 heterocycles. The maximum atomic E-state index is 13.0. The van der Waals surface area contributed by atoms with Crippen LogP contribution in [0.25, 0.3) is 0 Å². The summed E-state index contributed by atoms with van der Waals surface area (Å²) in [6.07, 6.45) is 0.304. The number of rotatable bonds is 4. The normalized spacial score (nSPS) is 19.9. The molecule has 1 atom stereocenters. The van der Waals surface area contributed by atoms with Gasteiger partial charge < -0.3 is 14.2 Å². The minimum Gasteiger partial charge on any atom is -0.486 e. The van der Waals surface area contributed by atoms with Crippen molar-refractivity contribution in [1.29, 1.82) is 0 Å². The largest absolute Gasteiger partial charge is 0.486 e. The van der Waals surface area contributed by atoms with Gasteiger partial charge in [0.05, 0.1) is 11.4 Å². The van der Waals surface area contributed by atoms with E-state index in [4.69, 9.17) is 14.2 Å². The lowest BCUT2D eigenvalue weighted by atomic mass is 10.3. The molecule has 0 aliphatic carbocycles. The van der Waals surface area contributed by atoms with E-state index >= 15 is 0 Å². The predicted molar refractivity (Wildman–Crippen MR) is 96.7 cm³/mol. The fourth-order valence-electron chi connectivity index (χ4n) is 3.24. The van der Waals surface area contributed by atoms with E-state index in [1.807, 2.05) is 19.9 Å². The van der Waals surface area contributed by atoms with Gasteiger partial charge in [0, 0.05) is 24.0 Å². The van der Waals surface area contributed by atoms with E-state index in [0.717, 1.165) is 11.4 Å². The summed E-state index contributed by atoms with van der Waals surface area (Å²) >= 11 is 0. The van der Waals surface area contributed by atoms with Gasteiger partial charge in [-0.3, -0.25) is 0 Å². The molecular formula is C18H21N3O5S. The third-order valence-corrected chi connectivity index (χ3v) is 6.35. The number of sulfonamides is 1. The van der Waals surface area contributed by atoms with Gasteiger partial charge in [-0.25, -0.2) is 18.4 Å². The van der Waals surface area contributed by atoms with Crippen LogP contribution in [-0.4, -0.2) is 55.1 Å². The van der Waals surface area contributed by atoms with E-state index in [9.17, 15) is 8.42 Å². The lowest BCUT2D eigenvalue weighted by molar-refractivity contribution is 0.171. The van der Waals surface area contributed by atoms with Crippen LogP contribution in [0.5, 0.6) is 17.5 Å². The van der Waals surface area contributed by atoms with Crippen LogP contribution in [-0.2, 0) is 10.0 Å². The van der Waals surface area contributed by atoms with E-state index in [1.54, 1.807) is 12.1 Å². The number of aryl methyl sites for hydroxylation is 2. The number of ether oxygens (including phenoxy) is 3. The number of hydrogen-bond acceptors (Lipinski definition) is 7.